The van der Waals surface area contributed by atoms with Crippen molar-refractivity contribution < 1.29 is 19.2 Å². The van der Waals surface area contributed by atoms with Crippen molar-refractivity contribution in [3.05, 3.63) is 45.1 Å². The number of amides is 5. The van der Waals surface area contributed by atoms with Gasteiger partial charge >= 0.3 is 6.03 Å². The topological polar surface area (TPSA) is 111 Å². The van der Waals surface area contributed by atoms with Gasteiger partial charge in [0.1, 0.15) is 6.04 Å². The van der Waals surface area contributed by atoms with E-state index in [0.29, 0.717) is 24.4 Å². The molecule has 4 rings (SSSR count). The van der Waals surface area contributed by atoms with Crippen molar-refractivity contribution >= 4 is 46.5 Å². The van der Waals surface area contributed by atoms with Crippen molar-refractivity contribution in [1.29, 1.82) is 0 Å². The molecule has 2 aliphatic rings. The highest BCUT2D eigenvalue weighted by atomic mass is 32.1. The molecule has 2 aliphatic heterocycles. The summed E-state index contributed by atoms with van der Waals surface area (Å²) in [6.07, 6.45) is 0.572. The molecule has 1 unspecified atom stereocenters. The Hall–Kier alpha value is -3.40. The number of imide groups is 1. The van der Waals surface area contributed by atoms with E-state index < -0.39 is 11.9 Å². The van der Waals surface area contributed by atoms with Crippen LogP contribution < -0.4 is 20.9 Å². The van der Waals surface area contributed by atoms with Crippen molar-refractivity contribution in [1.82, 2.24) is 15.5 Å². The van der Waals surface area contributed by atoms with Crippen molar-refractivity contribution in [2.75, 3.05) is 23.8 Å². The Balaban J connectivity index is 1.36. The molecular weight excluding hydrogens is 442 g/mol. The number of benzene rings is 1. The monoisotopic (exact) mass is 469 g/mol. The minimum atomic E-state index is -0.618. The fraction of sp³-hybridized carbons (Fsp3) is 0.391. The van der Waals surface area contributed by atoms with E-state index in [1.54, 1.807) is 0 Å². The number of fused-ring (bicyclic) bond motifs is 1. The Morgan fingerprint density at radius 3 is 2.76 bits per heavy atom. The molecule has 3 N–H and O–H groups in total. The number of anilines is 2. The van der Waals surface area contributed by atoms with Crippen LogP contribution in [-0.4, -0.2) is 48.3 Å². The third kappa shape index (κ3) is 4.70. The molecule has 5 amide bonds. The number of nitrogens with one attached hydrogen (secondary N) is 3. The number of carbonyl (C=O) groups excluding carboxylic acids is 4. The van der Waals surface area contributed by atoms with Crippen LogP contribution in [0.5, 0.6) is 0 Å². The van der Waals surface area contributed by atoms with E-state index >= 15 is 0 Å². The van der Waals surface area contributed by atoms with E-state index in [-0.39, 0.29) is 24.3 Å². The van der Waals surface area contributed by atoms with Crippen LogP contribution in [0.15, 0.2) is 24.3 Å². The molecule has 0 bridgehead atoms. The van der Waals surface area contributed by atoms with Gasteiger partial charge in [0, 0.05) is 31.4 Å². The van der Waals surface area contributed by atoms with Crippen LogP contribution in [0.1, 0.15) is 45.4 Å². The summed E-state index contributed by atoms with van der Waals surface area (Å²) in [4.78, 5) is 53.9. The molecule has 2 aromatic rings. The maximum absolute atomic E-state index is 12.8. The van der Waals surface area contributed by atoms with Crippen LogP contribution in [0.4, 0.5) is 16.2 Å². The molecule has 1 atom stereocenters. The minimum Gasteiger partial charge on any atom is -0.373 e. The number of thiophene rings is 1. The summed E-state index contributed by atoms with van der Waals surface area (Å²) in [6.45, 7) is 5.49. The van der Waals surface area contributed by atoms with Gasteiger partial charge in [0.15, 0.2) is 0 Å². The van der Waals surface area contributed by atoms with Crippen LogP contribution in [0, 0.1) is 6.92 Å². The van der Waals surface area contributed by atoms with E-state index in [9.17, 15) is 19.2 Å². The van der Waals surface area contributed by atoms with Gasteiger partial charge in [-0.2, -0.15) is 0 Å². The average Bonchev–Trinajstić information content (AvgIpc) is 3.32. The van der Waals surface area contributed by atoms with E-state index in [2.05, 4.69) is 20.9 Å². The number of urea groups is 1. The highest BCUT2D eigenvalue weighted by Gasteiger charge is 2.40. The summed E-state index contributed by atoms with van der Waals surface area (Å²) in [6, 6.07) is 6.82. The quantitative estimate of drug-likeness (QED) is 0.563. The van der Waals surface area contributed by atoms with Crippen LogP contribution in [0.3, 0.4) is 0 Å². The van der Waals surface area contributed by atoms with Gasteiger partial charge < -0.3 is 20.4 Å². The summed E-state index contributed by atoms with van der Waals surface area (Å²) in [5.41, 5.74) is 3.63. The average molecular weight is 470 g/mol. The van der Waals surface area contributed by atoms with Gasteiger partial charge in [-0.05, 0) is 49.6 Å². The van der Waals surface area contributed by atoms with Gasteiger partial charge in [-0.15, -0.1) is 11.3 Å². The lowest BCUT2D eigenvalue weighted by atomic mass is 10.0. The Labute approximate surface area is 196 Å². The summed E-state index contributed by atoms with van der Waals surface area (Å²) in [5.74, 6) is -0.923. The molecule has 10 heteroatoms. The van der Waals surface area contributed by atoms with E-state index in [1.807, 2.05) is 45.2 Å². The number of rotatable bonds is 6. The first-order chi connectivity index (χ1) is 15.8. The molecule has 0 radical (unpaired) electrons. The molecule has 174 valence electrons. The van der Waals surface area contributed by atoms with E-state index in [1.165, 1.54) is 16.2 Å². The number of hydrogen-bond donors (Lipinski definition) is 3. The van der Waals surface area contributed by atoms with Crippen molar-refractivity contribution in [2.45, 2.75) is 45.8 Å². The first-order valence-corrected chi connectivity index (χ1v) is 11.7. The zero-order chi connectivity index (χ0) is 23.7. The summed E-state index contributed by atoms with van der Waals surface area (Å²) < 4.78 is 0. The minimum absolute atomic E-state index is 0.202. The van der Waals surface area contributed by atoms with Gasteiger partial charge in [-0.1, -0.05) is 6.07 Å². The molecule has 33 heavy (non-hydrogen) atoms. The SMILES string of the molecule is CCN(C)c1cc(C)ccc1NC(=O)NCc1cc2c(s1)C(=O)N(C1CCC(=O)NC1=O)C2. The summed E-state index contributed by atoms with van der Waals surface area (Å²) in [5, 5.41) is 8.06. The third-order valence-electron chi connectivity index (χ3n) is 5.95. The van der Waals surface area contributed by atoms with Crippen molar-refractivity contribution in [3.8, 4) is 0 Å². The molecule has 0 aliphatic carbocycles. The lowest BCUT2D eigenvalue weighted by Crippen LogP contribution is -2.52. The van der Waals surface area contributed by atoms with Crippen LogP contribution >= 0.6 is 11.3 Å². The van der Waals surface area contributed by atoms with Gasteiger partial charge in [-0.25, -0.2) is 4.79 Å². The molecule has 9 nitrogen and oxygen atoms in total. The molecule has 1 aromatic heterocycles. The Bertz CT molecular complexity index is 1130. The van der Waals surface area contributed by atoms with Gasteiger partial charge in [-0.3, -0.25) is 19.7 Å². The highest BCUT2D eigenvalue weighted by Crippen LogP contribution is 2.33. The highest BCUT2D eigenvalue weighted by molar-refractivity contribution is 7.14. The summed E-state index contributed by atoms with van der Waals surface area (Å²) in [7, 11) is 1.97. The second-order valence-electron chi connectivity index (χ2n) is 8.31. The zero-order valence-corrected chi connectivity index (χ0v) is 19.7. The lowest BCUT2D eigenvalue weighted by Gasteiger charge is -2.29. The first-order valence-electron chi connectivity index (χ1n) is 10.9. The maximum atomic E-state index is 12.8. The standard InChI is InChI=1S/C23H27N5O4S/c1-4-27(3)18-9-13(2)5-6-16(18)25-23(32)24-11-15-10-14-12-28(22(31)20(14)33-15)17-7-8-19(29)26-21(17)30/h5-6,9-10,17H,4,7-8,11-12H2,1-3H3,(H2,24,25,32)(H,26,29,30). The van der Waals surface area contributed by atoms with Crippen molar-refractivity contribution in [3.63, 3.8) is 0 Å². The predicted molar refractivity (Wildman–Crippen MR) is 126 cm³/mol. The Morgan fingerprint density at radius 1 is 1.27 bits per heavy atom. The maximum Gasteiger partial charge on any atom is 0.319 e. The van der Waals surface area contributed by atoms with Crippen molar-refractivity contribution in [2.24, 2.45) is 0 Å². The Morgan fingerprint density at radius 2 is 2.06 bits per heavy atom. The van der Waals surface area contributed by atoms with E-state index in [4.69, 9.17) is 0 Å². The molecular formula is C23H27N5O4S. The summed E-state index contributed by atoms with van der Waals surface area (Å²) >= 11 is 1.32. The predicted octanol–water partition coefficient (Wildman–Crippen LogP) is 2.60. The molecule has 0 spiro atoms. The molecule has 0 saturated carbocycles. The second-order valence-corrected chi connectivity index (χ2v) is 9.45. The fourth-order valence-electron chi connectivity index (χ4n) is 4.06. The Kier molecular flexibility index (Phi) is 6.37. The largest absolute Gasteiger partial charge is 0.373 e. The fourth-order valence-corrected chi connectivity index (χ4v) is 5.12. The first kappa shape index (κ1) is 22.8. The van der Waals surface area contributed by atoms with Crippen LogP contribution in [0.2, 0.25) is 0 Å². The number of carbonyl (C=O) groups is 4. The third-order valence-corrected chi connectivity index (χ3v) is 7.12. The lowest BCUT2D eigenvalue weighted by molar-refractivity contribution is -0.136. The number of aryl methyl sites for hydroxylation is 1. The number of hydrogen-bond acceptors (Lipinski definition) is 6. The number of piperidine rings is 1. The smallest absolute Gasteiger partial charge is 0.319 e. The zero-order valence-electron chi connectivity index (χ0n) is 18.9. The molecule has 1 fully saturated rings. The molecule has 1 saturated heterocycles. The molecule has 3 heterocycles. The van der Waals surface area contributed by atoms with Crippen LogP contribution in [0.25, 0.3) is 0 Å². The molecule has 1 aromatic carbocycles. The van der Waals surface area contributed by atoms with Gasteiger partial charge in [0.05, 0.1) is 22.8 Å². The normalized spacial score (nSPS) is 17.6. The van der Waals surface area contributed by atoms with Gasteiger partial charge in [0.2, 0.25) is 11.8 Å². The van der Waals surface area contributed by atoms with E-state index in [0.717, 1.165) is 33.9 Å². The van der Waals surface area contributed by atoms with Crippen LogP contribution in [-0.2, 0) is 22.7 Å². The number of nitrogens with zero attached hydrogens (tertiary/aromatic N) is 2. The second kappa shape index (κ2) is 9.22. The van der Waals surface area contributed by atoms with Gasteiger partial charge in [0.25, 0.3) is 5.91 Å².